The van der Waals surface area contributed by atoms with E-state index in [1.807, 2.05) is 49.4 Å². The van der Waals surface area contributed by atoms with Crippen LogP contribution in [0.5, 0.6) is 11.5 Å². The fourth-order valence-electron chi connectivity index (χ4n) is 4.38. The second-order valence-electron chi connectivity index (χ2n) is 10.5. The Labute approximate surface area is 224 Å². The number of Topliss-reactive ketones (excluding diaryl/α,β-unsaturated/α-hetero) is 1. The minimum Gasteiger partial charge on any atom is -0.507 e. The third-order valence-electron chi connectivity index (χ3n) is 6.17. The molecule has 0 aromatic heterocycles. The van der Waals surface area contributed by atoms with Crippen molar-refractivity contribution in [3.63, 3.8) is 0 Å². The van der Waals surface area contributed by atoms with Crippen LogP contribution in [-0.4, -0.2) is 30.0 Å². The predicted octanol–water partition coefficient (Wildman–Crippen LogP) is 6.69. The number of anilines is 1. The zero-order valence-corrected chi connectivity index (χ0v) is 22.6. The minimum absolute atomic E-state index is 0.0264. The molecule has 198 valence electrons. The van der Waals surface area contributed by atoms with E-state index in [2.05, 4.69) is 27.7 Å². The standard InChI is InChI=1S/C32H35NO5/c1-20(2)18-37-26-13-7-10-23(16-26)29-28(30(34)24-11-8-14-27(17-24)38-19-21(3)4)31(35)32(36)33(29)25-12-6-9-22(5)15-25/h6-17,20-21,29,34H,18-19H2,1-5H3/b30-28+. The summed E-state index contributed by atoms with van der Waals surface area (Å²) in [5.74, 6) is 0.205. The van der Waals surface area contributed by atoms with E-state index < -0.39 is 17.7 Å². The average molecular weight is 514 g/mol. The summed E-state index contributed by atoms with van der Waals surface area (Å²) in [6.07, 6.45) is 0. The molecule has 0 aliphatic carbocycles. The molecule has 0 bridgehead atoms. The number of nitrogens with zero attached hydrogens (tertiary/aromatic N) is 1. The zero-order chi connectivity index (χ0) is 27.4. The van der Waals surface area contributed by atoms with Gasteiger partial charge in [-0.25, -0.2) is 0 Å². The van der Waals surface area contributed by atoms with Crippen molar-refractivity contribution >= 4 is 23.1 Å². The number of rotatable bonds is 9. The van der Waals surface area contributed by atoms with Crippen LogP contribution < -0.4 is 14.4 Å². The first kappa shape index (κ1) is 27.0. The van der Waals surface area contributed by atoms with Crippen LogP contribution in [0.2, 0.25) is 0 Å². The van der Waals surface area contributed by atoms with Crippen molar-refractivity contribution < 1.29 is 24.2 Å². The van der Waals surface area contributed by atoms with Crippen molar-refractivity contribution in [1.29, 1.82) is 0 Å². The Morgan fingerprint density at radius 2 is 1.45 bits per heavy atom. The van der Waals surface area contributed by atoms with E-state index in [1.165, 1.54) is 4.90 Å². The molecule has 1 saturated heterocycles. The van der Waals surface area contributed by atoms with Crippen LogP contribution in [-0.2, 0) is 9.59 Å². The normalized spacial score (nSPS) is 16.9. The number of hydrogen-bond donors (Lipinski definition) is 1. The Morgan fingerprint density at radius 1 is 0.842 bits per heavy atom. The Hall–Kier alpha value is -4.06. The molecule has 3 aromatic carbocycles. The molecular weight excluding hydrogens is 478 g/mol. The van der Waals surface area contributed by atoms with Crippen LogP contribution in [0.15, 0.2) is 78.4 Å². The lowest BCUT2D eigenvalue weighted by atomic mass is 9.94. The van der Waals surface area contributed by atoms with E-state index in [1.54, 1.807) is 30.3 Å². The molecule has 38 heavy (non-hydrogen) atoms. The van der Waals surface area contributed by atoms with E-state index >= 15 is 0 Å². The van der Waals surface area contributed by atoms with Crippen LogP contribution in [0, 0.1) is 18.8 Å². The monoisotopic (exact) mass is 513 g/mol. The van der Waals surface area contributed by atoms with Gasteiger partial charge < -0.3 is 14.6 Å². The molecule has 1 amide bonds. The van der Waals surface area contributed by atoms with Crippen LogP contribution in [0.3, 0.4) is 0 Å². The van der Waals surface area contributed by atoms with Gasteiger partial charge in [-0.3, -0.25) is 14.5 Å². The molecule has 6 heteroatoms. The summed E-state index contributed by atoms with van der Waals surface area (Å²) >= 11 is 0. The van der Waals surface area contributed by atoms with Gasteiger partial charge in [0.15, 0.2) is 0 Å². The van der Waals surface area contributed by atoms with E-state index in [4.69, 9.17) is 9.47 Å². The zero-order valence-electron chi connectivity index (χ0n) is 22.6. The third-order valence-corrected chi connectivity index (χ3v) is 6.17. The molecule has 6 nitrogen and oxygen atoms in total. The van der Waals surface area contributed by atoms with E-state index in [0.717, 1.165) is 5.56 Å². The van der Waals surface area contributed by atoms with Crippen molar-refractivity contribution in [3.8, 4) is 11.5 Å². The molecular formula is C32H35NO5. The van der Waals surface area contributed by atoms with Crippen LogP contribution in [0.4, 0.5) is 5.69 Å². The SMILES string of the molecule is Cc1cccc(N2C(=O)C(=O)/C(=C(/O)c3cccc(OCC(C)C)c3)C2c2cccc(OCC(C)C)c2)c1. The highest BCUT2D eigenvalue weighted by molar-refractivity contribution is 6.51. The molecule has 1 unspecified atom stereocenters. The van der Waals surface area contributed by atoms with Gasteiger partial charge in [0, 0.05) is 11.3 Å². The van der Waals surface area contributed by atoms with Gasteiger partial charge in [-0.2, -0.15) is 0 Å². The number of ketones is 1. The fourth-order valence-corrected chi connectivity index (χ4v) is 4.38. The van der Waals surface area contributed by atoms with Crippen molar-refractivity contribution in [2.45, 2.75) is 40.7 Å². The second kappa shape index (κ2) is 11.5. The lowest BCUT2D eigenvalue weighted by Crippen LogP contribution is -2.29. The number of aliphatic hydroxyl groups excluding tert-OH is 1. The highest BCUT2D eigenvalue weighted by Crippen LogP contribution is 2.43. The molecule has 1 aliphatic heterocycles. The number of carbonyl (C=O) groups excluding carboxylic acids is 2. The van der Waals surface area contributed by atoms with Crippen molar-refractivity contribution in [1.82, 2.24) is 0 Å². The summed E-state index contributed by atoms with van der Waals surface area (Å²) in [6, 6.07) is 20.9. The third kappa shape index (κ3) is 5.91. The molecule has 3 aromatic rings. The molecule has 0 saturated carbocycles. The summed E-state index contributed by atoms with van der Waals surface area (Å²) in [7, 11) is 0. The Bertz CT molecular complexity index is 1360. The fraction of sp³-hybridized carbons (Fsp3) is 0.312. The molecule has 0 spiro atoms. The summed E-state index contributed by atoms with van der Waals surface area (Å²) in [5, 5.41) is 11.5. The topological polar surface area (TPSA) is 76.1 Å². The van der Waals surface area contributed by atoms with Crippen molar-refractivity contribution in [3.05, 3.63) is 95.1 Å². The maximum Gasteiger partial charge on any atom is 0.300 e. The number of amides is 1. The van der Waals surface area contributed by atoms with Gasteiger partial charge in [0.05, 0.1) is 24.8 Å². The lowest BCUT2D eigenvalue weighted by Gasteiger charge is -2.26. The minimum atomic E-state index is -0.834. The Morgan fingerprint density at radius 3 is 2.08 bits per heavy atom. The number of benzene rings is 3. The summed E-state index contributed by atoms with van der Waals surface area (Å²) in [4.78, 5) is 28.4. The van der Waals surface area contributed by atoms with Crippen molar-refractivity contribution in [2.24, 2.45) is 11.8 Å². The summed E-state index contributed by atoms with van der Waals surface area (Å²) in [5.41, 5.74) is 2.64. The van der Waals surface area contributed by atoms with Crippen LogP contribution in [0.25, 0.3) is 5.76 Å². The first-order valence-corrected chi connectivity index (χ1v) is 13.0. The first-order chi connectivity index (χ1) is 18.2. The molecule has 1 N–H and O–H groups in total. The molecule has 0 radical (unpaired) electrons. The smallest absolute Gasteiger partial charge is 0.300 e. The van der Waals surface area contributed by atoms with Gasteiger partial charge in [0.1, 0.15) is 17.3 Å². The molecule has 1 fully saturated rings. The highest BCUT2D eigenvalue weighted by Gasteiger charge is 2.47. The maximum atomic E-state index is 13.5. The summed E-state index contributed by atoms with van der Waals surface area (Å²) < 4.78 is 11.8. The predicted molar refractivity (Wildman–Crippen MR) is 150 cm³/mol. The van der Waals surface area contributed by atoms with E-state index in [9.17, 15) is 14.7 Å². The van der Waals surface area contributed by atoms with Gasteiger partial charge >= 0.3 is 0 Å². The van der Waals surface area contributed by atoms with E-state index in [0.29, 0.717) is 53.4 Å². The number of aryl methyl sites for hydroxylation is 1. The van der Waals surface area contributed by atoms with Gasteiger partial charge in [-0.15, -0.1) is 0 Å². The van der Waals surface area contributed by atoms with Crippen LogP contribution in [0.1, 0.15) is 50.4 Å². The van der Waals surface area contributed by atoms with Gasteiger partial charge in [-0.1, -0.05) is 64.1 Å². The number of aliphatic hydroxyl groups is 1. The molecule has 4 rings (SSSR count). The average Bonchev–Trinajstić information content (AvgIpc) is 3.16. The first-order valence-electron chi connectivity index (χ1n) is 13.0. The molecule has 1 heterocycles. The molecule has 1 aliphatic rings. The van der Waals surface area contributed by atoms with Crippen LogP contribution >= 0.6 is 0 Å². The van der Waals surface area contributed by atoms with Gasteiger partial charge in [0.2, 0.25) is 0 Å². The molecule has 1 atom stereocenters. The second-order valence-corrected chi connectivity index (χ2v) is 10.5. The van der Waals surface area contributed by atoms with Crippen molar-refractivity contribution in [2.75, 3.05) is 18.1 Å². The Balaban J connectivity index is 1.85. The lowest BCUT2D eigenvalue weighted by molar-refractivity contribution is -0.132. The van der Waals surface area contributed by atoms with Gasteiger partial charge in [0.25, 0.3) is 11.7 Å². The summed E-state index contributed by atoms with van der Waals surface area (Å²) in [6.45, 7) is 11.2. The quantitative estimate of drug-likeness (QED) is 0.196. The van der Waals surface area contributed by atoms with Gasteiger partial charge in [-0.05, 0) is 66.3 Å². The number of ether oxygens (including phenoxy) is 2. The highest BCUT2D eigenvalue weighted by atomic mass is 16.5. The number of hydrogen-bond acceptors (Lipinski definition) is 5. The maximum absolute atomic E-state index is 13.5. The largest absolute Gasteiger partial charge is 0.507 e. The Kier molecular flexibility index (Phi) is 8.20. The van der Waals surface area contributed by atoms with E-state index in [-0.39, 0.29) is 11.3 Å². The number of carbonyl (C=O) groups is 2.